The molecule has 4 heteroatoms. The maximum absolute atomic E-state index is 11.7. The highest BCUT2D eigenvalue weighted by Crippen LogP contribution is 2.27. The van der Waals surface area contributed by atoms with E-state index < -0.39 is 6.10 Å². The third-order valence-corrected chi connectivity index (χ3v) is 2.54. The molecule has 1 N–H and O–H groups in total. The van der Waals surface area contributed by atoms with Crippen LogP contribution in [0.5, 0.6) is 5.75 Å². The predicted octanol–water partition coefficient (Wildman–Crippen LogP) is 0.753. The second-order valence-corrected chi connectivity index (χ2v) is 3.70. The first kappa shape index (κ1) is 11.0. The van der Waals surface area contributed by atoms with Crippen molar-refractivity contribution in [2.24, 2.45) is 0 Å². The van der Waals surface area contributed by atoms with Crippen LogP contribution in [0.3, 0.4) is 0 Å². The lowest BCUT2D eigenvalue weighted by Crippen LogP contribution is -2.38. The van der Waals surface area contributed by atoms with Crippen LogP contribution in [0.25, 0.3) is 0 Å². The van der Waals surface area contributed by atoms with Gasteiger partial charge in [0.05, 0.1) is 6.61 Å². The summed E-state index contributed by atoms with van der Waals surface area (Å²) in [5, 5.41) is 2.77. The van der Waals surface area contributed by atoms with Gasteiger partial charge in [-0.3, -0.25) is 4.79 Å². The number of hydrogen-bond donors (Lipinski definition) is 1. The summed E-state index contributed by atoms with van der Waals surface area (Å²) in [4.78, 5) is 11.7. The Balaban J connectivity index is 1.88. The average Bonchev–Trinajstić information content (AvgIpc) is 2.73. The van der Waals surface area contributed by atoms with Crippen LogP contribution in [0.2, 0.25) is 0 Å². The zero-order valence-corrected chi connectivity index (χ0v) is 9.23. The lowest BCUT2D eigenvalue weighted by molar-refractivity contribution is -0.127. The highest BCUT2D eigenvalue weighted by molar-refractivity contribution is 5.82. The average molecular weight is 221 g/mol. The van der Waals surface area contributed by atoms with Crippen LogP contribution >= 0.6 is 0 Å². The van der Waals surface area contributed by atoms with Crippen molar-refractivity contribution in [3.63, 3.8) is 0 Å². The number of benzene rings is 1. The van der Waals surface area contributed by atoms with Crippen molar-refractivity contribution in [2.45, 2.75) is 12.5 Å². The van der Waals surface area contributed by atoms with E-state index in [0.717, 1.165) is 11.3 Å². The van der Waals surface area contributed by atoms with Gasteiger partial charge in [0.2, 0.25) is 0 Å². The first-order valence-corrected chi connectivity index (χ1v) is 5.32. The summed E-state index contributed by atoms with van der Waals surface area (Å²) in [6, 6.07) is 7.73. The van der Waals surface area contributed by atoms with Gasteiger partial charge < -0.3 is 14.8 Å². The molecule has 1 aliphatic rings. The van der Waals surface area contributed by atoms with Gasteiger partial charge in [0.25, 0.3) is 5.91 Å². The van der Waals surface area contributed by atoms with Crippen molar-refractivity contribution >= 4 is 5.91 Å². The van der Waals surface area contributed by atoms with Gasteiger partial charge in [0.1, 0.15) is 5.75 Å². The van der Waals surface area contributed by atoms with E-state index >= 15 is 0 Å². The predicted molar refractivity (Wildman–Crippen MR) is 59.4 cm³/mol. The number of fused-ring (bicyclic) bond motifs is 1. The van der Waals surface area contributed by atoms with Gasteiger partial charge in [-0.2, -0.15) is 0 Å². The van der Waals surface area contributed by atoms with E-state index in [1.165, 1.54) is 0 Å². The van der Waals surface area contributed by atoms with Crippen molar-refractivity contribution in [1.82, 2.24) is 5.32 Å². The van der Waals surface area contributed by atoms with Gasteiger partial charge in [-0.05, 0) is 11.6 Å². The van der Waals surface area contributed by atoms with Crippen molar-refractivity contribution in [3.8, 4) is 5.75 Å². The van der Waals surface area contributed by atoms with E-state index in [9.17, 15) is 4.79 Å². The highest BCUT2D eigenvalue weighted by Gasteiger charge is 2.28. The van der Waals surface area contributed by atoms with Crippen LogP contribution in [0.4, 0.5) is 0 Å². The van der Waals surface area contributed by atoms with E-state index in [1.54, 1.807) is 7.11 Å². The molecular weight excluding hydrogens is 206 g/mol. The second-order valence-electron chi connectivity index (χ2n) is 3.70. The van der Waals surface area contributed by atoms with Crippen LogP contribution in [-0.4, -0.2) is 32.3 Å². The number of amides is 1. The molecule has 4 nitrogen and oxygen atoms in total. The molecule has 1 aromatic carbocycles. The minimum absolute atomic E-state index is 0.0757. The number of methoxy groups -OCH3 is 1. The van der Waals surface area contributed by atoms with Crippen LogP contribution in [0.15, 0.2) is 24.3 Å². The van der Waals surface area contributed by atoms with E-state index in [1.807, 2.05) is 24.3 Å². The van der Waals surface area contributed by atoms with Gasteiger partial charge in [-0.25, -0.2) is 0 Å². The monoisotopic (exact) mass is 221 g/mol. The molecule has 1 heterocycles. The molecule has 1 unspecified atom stereocenters. The molecule has 1 aliphatic heterocycles. The summed E-state index contributed by atoms with van der Waals surface area (Å²) < 4.78 is 10.4. The minimum Gasteiger partial charge on any atom is -0.480 e. The summed E-state index contributed by atoms with van der Waals surface area (Å²) in [5.74, 6) is 0.739. The number of rotatable bonds is 4. The molecule has 16 heavy (non-hydrogen) atoms. The molecule has 0 saturated heterocycles. The highest BCUT2D eigenvalue weighted by atomic mass is 16.5. The fraction of sp³-hybridized carbons (Fsp3) is 0.417. The molecule has 0 aliphatic carbocycles. The van der Waals surface area contributed by atoms with Crippen LogP contribution < -0.4 is 10.1 Å². The molecule has 0 radical (unpaired) electrons. The third kappa shape index (κ3) is 2.33. The molecule has 0 saturated carbocycles. The van der Waals surface area contributed by atoms with Gasteiger partial charge in [-0.15, -0.1) is 0 Å². The summed E-state index contributed by atoms with van der Waals surface area (Å²) in [6.07, 6.45) is 0.254. The Bertz CT molecular complexity index is 353. The summed E-state index contributed by atoms with van der Waals surface area (Å²) in [5.41, 5.74) is 1.09. The SMILES string of the molecule is COCCNC(=O)C1Cc2ccccc2O1. The Hall–Kier alpha value is -1.55. The molecule has 1 amide bonds. The number of nitrogens with one attached hydrogen (secondary N) is 1. The van der Waals surface area contributed by atoms with E-state index in [2.05, 4.69) is 5.32 Å². The van der Waals surface area contributed by atoms with Crippen LogP contribution in [0, 0.1) is 0 Å². The molecule has 1 atom stereocenters. The Kier molecular flexibility index (Phi) is 3.41. The van der Waals surface area contributed by atoms with Crippen LogP contribution in [0.1, 0.15) is 5.56 Å². The van der Waals surface area contributed by atoms with Gasteiger partial charge >= 0.3 is 0 Å². The van der Waals surface area contributed by atoms with Crippen molar-refractivity contribution in [2.75, 3.05) is 20.3 Å². The smallest absolute Gasteiger partial charge is 0.261 e. The lowest BCUT2D eigenvalue weighted by atomic mass is 10.1. The number of para-hydroxylation sites is 1. The maximum atomic E-state index is 11.7. The Labute approximate surface area is 94.6 Å². The van der Waals surface area contributed by atoms with Crippen molar-refractivity contribution in [1.29, 1.82) is 0 Å². The Morgan fingerprint density at radius 1 is 1.56 bits per heavy atom. The van der Waals surface area contributed by atoms with Crippen molar-refractivity contribution in [3.05, 3.63) is 29.8 Å². The van der Waals surface area contributed by atoms with Crippen molar-refractivity contribution < 1.29 is 14.3 Å². The number of hydrogen-bond acceptors (Lipinski definition) is 3. The minimum atomic E-state index is -0.394. The lowest BCUT2D eigenvalue weighted by Gasteiger charge is -2.10. The first-order chi connectivity index (χ1) is 7.81. The topological polar surface area (TPSA) is 47.6 Å². The molecule has 0 spiro atoms. The normalized spacial score (nSPS) is 17.7. The largest absolute Gasteiger partial charge is 0.480 e. The molecule has 0 aromatic heterocycles. The quantitative estimate of drug-likeness (QED) is 0.763. The summed E-state index contributed by atoms with van der Waals surface area (Å²) in [7, 11) is 1.61. The maximum Gasteiger partial charge on any atom is 0.261 e. The molecule has 2 rings (SSSR count). The zero-order chi connectivity index (χ0) is 11.4. The van der Waals surface area contributed by atoms with Crippen LogP contribution in [-0.2, 0) is 16.0 Å². The first-order valence-electron chi connectivity index (χ1n) is 5.32. The fourth-order valence-electron chi connectivity index (χ4n) is 1.72. The second kappa shape index (κ2) is 4.99. The molecule has 86 valence electrons. The van der Waals surface area contributed by atoms with E-state index in [4.69, 9.17) is 9.47 Å². The van der Waals surface area contributed by atoms with Gasteiger partial charge in [0, 0.05) is 20.1 Å². The van der Waals surface area contributed by atoms with Gasteiger partial charge in [-0.1, -0.05) is 18.2 Å². The summed E-state index contributed by atoms with van der Waals surface area (Å²) in [6.45, 7) is 1.04. The number of ether oxygens (including phenoxy) is 2. The molecule has 1 aromatic rings. The Morgan fingerprint density at radius 3 is 3.12 bits per heavy atom. The fourth-order valence-corrected chi connectivity index (χ4v) is 1.72. The summed E-state index contributed by atoms with van der Waals surface area (Å²) >= 11 is 0. The molecular formula is C12H15NO3. The Morgan fingerprint density at radius 2 is 2.38 bits per heavy atom. The van der Waals surface area contributed by atoms with E-state index in [0.29, 0.717) is 19.6 Å². The standard InChI is InChI=1S/C12H15NO3/c1-15-7-6-13-12(14)11-8-9-4-2-3-5-10(9)16-11/h2-5,11H,6-8H2,1H3,(H,13,14). The van der Waals surface area contributed by atoms with E-state index in [-0.39, 0.29) is 5.91 Å². The third-order valence-electron chi connectivity index (χ3n) is 2.54. The number of carbonyl (C=O) groups is 1. The zero-order valence-electron chi connectivity index (χ0n) is 9.23. The molecule has 0 fully saturated rings. The molecule has 0 bridgehead atoms. The van der Waals surface area contributed by atoms with Gasteiger partial charge in [0.15, 0.2) is 6.10 Å². The number of carbonyl (C=O) groups excluding carboxylic acids is 1.